The maximum Gasteiger partial charge on any atom is 0.0623 e. The first-order chi connectivity index (χ1) is 7.67. The first-order valence-electron chi connectivity index (χ1n) is 6.57. The average Bonchev–Trinajstić information content (AvgIpc) is 2.35. The van der Waals surface area contributed by atoms with Crippen LogP contribution in [-0.2, 0) is 9.47 Å². The summed E-state index contributed by atoms with van der Waals surface area (Å²) in [6.45, 7) is 5.05. The highest BCUT2D eigenvalue weighted by molar-refractivity contribution is 4.75. The SMILES string of the molecule is CCC(C)C(N)COC1CCCC(OC)C1. The van der Waals surface area contributed by atoms with Crippen LogP contribution in [0.3, 0.4) is 0 Å². The van der Waals surface area contributed by atoms with E-state index in [2.05, 4.69) is 13.8 Å². The van der Waals surface area contributed by atoms with E-state index in [1.807, 2.05) is 0 Å². The Balaban J connectivity index is 2.21. The molecule has 0 aromatic rings. The summed E-state index contributed by atoms with van der Waals surface area (Å²) in [5.41, 5.74) is 6.06. The molecule has 1 fully saturated rings. The predicted octanol–water partition coefficient (Wildman–Crippen LogP) is 2.33. The maximum absolute atomic E-state index is 6.06. The topological polar surface area (TPSA) is 44.5 Å². The molecular formula is C13H27NO2. The maximum atomic E-state index is 6.06. The van der Waals surface area contributed by atoms with Gasteiger partial charge in [-0.2, -0.15) is 0 Å². The Hall–Kier alpha value is -0.120. The molecule has 4 atom stereocenters. The van der Waals surface area contributed by atoms with Gasteiger partial charge in [-0.25, -0.2) is 0 Å². The molecule has 0 amide bonds. The zero-order valence-corrected chi connectivity index (χ0v) is 10.9. The van der Waals surface area contributed by atoms with E-state index >= 15 is 0 Å². The van der Waals surface area contributed by atoms with Crippen LogP contribution in [0.15, 0.2) is 0 Å². The van der Waals surface area contributed by atoms with Gasteiger partial charge < -0.3 is 15.2 Å². The van der Waals surface area contributed by atoms with Gasteiger partial charge in [-0.15, -0.1) is 0 Å². The minimum absolute atomic E-state index is 0.174. The molecule has 1 aliphatic rings. The largest absolute Gasteiger partial charge is 0.381 e. The van der Waals surface area contributed by atoms with Crippen molar-refractivity contribution in [2.75, 3.05) is 13.7 Å². The van der Waals surface area contributed by atoms with Crippen molar-refractivity contribution in [3.8, 4) is 0 Å². The van der Waals surface area contributed by atoms with Crippen molar-refractivity contribution in [3.63, 3.8) is 0 Å². The molecule has 0 radical (unpaired) electrons. The number of hydrogen-bond donors (Lipinski definition) is 1. The van der Waals surface area contributed by atoms with E-state index in [1.165, 1.54) is 12.8 Å². The van der Waals surface area contributed by atoms with Gasteiger partial charge in [-0.05, 0) is 31.6 Å². The zero-order valence-electron chi connectivity index (χ0n) is 10.9. The Bertz CT molecular complexity index is 187. The zero-order chi connectivity index (χ0) is 12.0. The summed E-state index contributed by atoms with van der Waals surface area (Å²) >= 11 is 0. The second kappa shape index (κ2) is 7.25. The monoisotopic (exact) mass is 229 g/mol. The third kappa shape index (κ3) is 4.40. The minimum Gasteiger partial charge on any atom is -0.381 e. The third-order valence-electron chi connectivity index (χ3n) is 3.81. The van der Waals surface area contributed by atoms with Gasteiger partial charge in [0.25, 0.3) is 0 Å². The fourth-order valence-corrected chi connectivity index (χ4v) is 2.18. The van der Waals surface area contributed by atoms with Crippen molar-refractivity contribution in [2.45, 2.75) is 64.2 Å². The predicted molar refractivity (Wildman–Crippen MR) is 66.4 cm³/mol. The summed E-state index contributed by atoms with van der Waals surface area (Å²) in [5, 5.41) is 0. The summed E-state index contributed by atoms with van der Waals surface area (Å²) in [5.74, 6) is 0.543. The Morgan fingerprint density at radius 2 is 2.00 bits per heavy atom. The van der Waals surface area contributed by atoms with E-state index < -0.39 is 0 Å². The lowest BCUT2D eigenvalue weighted by Gasteiger charge is -2.29. The smallest absolute Gasteiger partial charge is 0.0623 e. The van der Waals surface area contributed by atoms with Gasteiger partial charge in [0, 0.05) is 13.2 Å². The molecule has 1 aliphatic carbocycles. The van der Waals surface area contributed by atoms with Crippen LogP contribution in [0.1, 0.15) is 46.0 Å². The molecule has 1 saturated carbocycles. The van der Waals surface area contributed by atoms with Gasteiger partial charge in [-0.3, -0.25) is 0 Å². The number of ether oxygens (including phenoxy) is 2. The van der Waals surface area contributed by atoms with Crippen LogP contribution in [0, 0.1) is 5.92 Å². The number of rotatable bonds is 6. The molecule has 16 heavy (non-hydrogen) atoms. The van der Waals surface area contributed by atoms with E-state index in [4.69, 9.17) is 15.2 Å². The van der Waals surface area contributed by atoms with E-state index in [-0.39, 0.29) is 6.04 Å². The molecule has 4 unspecified atom stereocenters. The Kier molecular flexibility index (Phi) is 6.32. The molecule has 0 saturated heterocycles. The highest BCUT2D eigenvalue weighted by Crippen LogP contribution is 2.23. The molecule has 1 rings (SSSR count). The van der Waals surface area contributed by atoms with Crippen LogP contribution in [0.25, 0.3) is 0 Å². The Labute approximate surface area is 99.7 Å². The van der Waals surface area contributed by atoms with Gasteiger partial charge >= 0.3 is 0 Å². The summed E-state index contributed by atoms with van der Waals surface area (Å²) in [4.78, 5) is 0. The molecule has 2 N–H and O–H groups in total. The first-order valence-corrected chi connectivity index (χ1v) is 6.57. The van der Waals surface area contributed by atoms with Gasteiger partial charge in [0.1, 0.15) is 0 Å². The Morgan fingerprint density at radius 1 is 1.31 bits per heavy atom. The van der Waals surface area contributed by atoms with Crippen molar-refractivity contribution < 1.29 is 9.47 Å². The molecule has 0 aliphatic heterocycles. The standard InChI is InChI=1S/C13H27NO2/c1-4-10(2)13(14)9-16-12-7-5-6-11(8-12)15-3/h10-13H,4-9,14H2,1-3H3. The summed E-state index contributed by atoms with van der Waals surface area (Å²) < 4.78 is 11.3. The normalized spacial score (nSPS) is 30.0. The second-order valence-electron chi connectivity index (χ2n) is 5.03. The van der Waals surface area contributed by atoms with Crippen molar-refractivity contribution in [1.82, 2.24) is 0 Å². The molecule has 0 heterocycles. The fraction of sp³-hybridized carbons (Fsp3) is 1.00. The van der Waals surface area contributed by atoms with E-state index in [1.54, 1.807) is 7.11 Å². The molecule has 0 spiro atoms. The quantitative estimate of drug-likeness (QED) is 0.760. The van der Waals surface area contributed by atoms with E-state index in [0.29, 0.717) is 24.7 Å². The van der Waals surface area contributed by atoms with Crippen LogP contribution in [-0.4, -0.2) is 32.0 Å². The Morgan fingerprint density at radius 3 is 2.62 bits per heavy atom. The molecule has 96 valence electrons. The van der Waals surface area contributed by atoms with Crippen molar-refractivity contribution in [1.29, 1.82) is 0 Å². The van der Waals surface area contributed by atoms with Crippen LogP contribution >= 0.6 is 0 Å². The van der Waals surface area contributed by atoms with Gasteiger partial charge in [-0.1, -0.05) is 20.3 Å². The minimum atomic E-state index is 0.174. The van der Waals surface area contributed by atoms with Crippen LogP contribution in [0.4, 0.5) is 0 Å². The lowest BCUT2D eigenvalue weighted by Crippen LogP contribution is -2.36. The highest BCUT2D eigenvalue weighted by Gasteiger charge is 2.23. The summed E-state index contributed by atoms with van der Waals surface area (Å²) in [6, 6.07) is 0.174. The summed E-state index contributed by atoms with van der Waals surface area (Å²) in [7, 11) is 1.79. The van der Waals surface area contributed by atoms with Gasteiger partial charge in [0.05, 0.1) is 18.8 Å². The number of hydrogen-bond acceptors (Lipinski definition) is 3. The molecule has 3 heteroatoms. The number of nitrogens with two attached hydrogens (primary N) is 1. The third-order valence-corrected chi connectivity index (χ3v) is 3.81. The second-order valence-corrected chi connectivity index (χ2v) is 5.03. The molecule has 0 aromatic heterocycles. The van der Waals surface area contributed by atoms with Gasteiger partial charge in [0.15, 0.2) is 0 Å². The molecule has 3 nitrogen and oxygen atoms in total. The highest BCUT2D eigenvalue weighted by atomic mass is 16.5. The van der Waals surface area contributed by atoms with Crippen molar-refractivity contribution >= 4 is 0 Å². The lowest BCUT2D eigenvalue weighted by molar-refractivity contribution is -0.0362. The van der Waals surface area contributed by atoms with E-state index in [9.17, 15) is 0 Å². The van der Waals surface area contributed by atoms with Crippen LogP contribution in [0.2, 0.25) is 0 Å². The van der Waals surface area contributed by atoms with Crippen molar-refractivity contribution in [2.24, 2.45) is 11.7 Å². The average molecular weight is 229 g/mol. The van der Waals surface area contributed by atoms with E-state index in [0.717, 1.165) is 19.3 Å². The van der Waals surface area contributed by atoms with Crippen LogP contribution < -0.4 is 5.73 Å². The molecular weight excluding hydrogens is 202 g/mol. The first kappa shape index (κ1) is 13.9. The van der Waals surface area contributed by atoms with Crippen molar-refractivity contribution in [3.05, 3.63) is 0 Å². The fourth-order valence-electron chi connectivity index (χ4n) is 2.18. The van der Waals surface area contributed by atoms with Gasteiger partial charge in [0.2, 0.25) is 0 Å². The lowest BCUT2D eigenvalue weighted by atomic mass is 9.94. The number of methoxy groups -OCH3 is 1. The molecule has 0 bridgehead atoms. The summed E-state index contributed by atoms with van der Waals surface area (Å²) in [6.07, 6.45) is 6.44. The van der Waals surface area contributed by atoms with Crippen LogP contribution in [0.5, 0.6) is 0 Å². The molecule has 0 aromatic carbocycles.